The largest absolute Gasteiger partial charge is 0.379 e. The van der Waals surface area contributed by atoms with E-state index in [9.17, 15) is 4.79 Å². The van der Waals surface area contributed by atoms with E-state index < -0.39 is 0 Å². The van der Waals surface area contributed by atoms with Crippen molar-refractivity contribution >= 4 is 17.2 Å². The molecule has 6 heteroatoms. The first-order valence-electron chi connectivity index (χ1n) is 9.17. The second kappa shape index (κ2) is 7.52. The Kier molecular flexibility index (Phi) is 5.17. The summed E-state index contributed by atoms with van der Waals surface area (Å²) in [5.41, 5.74) is 0. The first-order chi connectivity index (χ1) is 11.8. The fourth-order valence-electron chi connectivity index (χ4n) is 4.40. The molecule has 24 heavy (non-hydrogen) atoms. The maximum Gasteiger partial charge on any atom is 0.222 e. The summed E-state index contributed by atoms with van der Waals surface area (Å²) in [6, 6.07) is 5.33. The van der Waals surface area contributed by atoms with Crippen molar-refractivity contribution in [3.8, 4) is 0 Å². The second-order valence-electron chi connectivity index (χ2n) is 7.05. The van der Waals surface area contributed by atoms with Gasteiger partial charge in [0, 0.05) is 62.7 Å². The van der Waals surface area contributed by atoms with Gasteiger partial charge >= 0.3 is 0 Å². The van der Waals surface area contributed by atoms with Crippen LogP contribution in [0.25, 0.3) is 0 Å². The number of rotatable bonds is 5. The van der Waals surface area contributed by atoms with E-state index in [0.717, 1.165) is 65.3 Å². The number of thiophene rings is 1. The van der Waals surface area contributed by atoms with Crippen LogP contribution in [0.3, 0.4) is 0 Å². The molecule has 0 spiro atoms. The molecule has 1 amide bonds. The molecule has 4 heterocycles. The summed E-state index contributed by atoms with van der Waals surface area (Å²) in [6.07, 6.45) is 2.87. The molecule has 1 aromatic rings. The van der Waals surface area contributed by atoms with E-state index in [2.05, 4.69) is 32.2 Å². The van der Waals surface area contributed by atoms with Crippen molar-refractivity contribution < 1.29 is 9.53 Å². The van der Waals surface area contributed by atoms with E-state index in [1.807, 2.05) is 11.3 Å². The van der Waals surface area contributed by atoms with Crippen LogP contribution >= 0.6 is 11.3 Å². The maximum atomic E-state index is 12.5. The fraction of sp³-hybridized carbons (Fsp3) is 0.722. The monoisotopic (exact) mass is 349 g/mol. The van der Waals surface area contributed by atoms with Gasteiger partial charge in [0.05, 0.1) is 13.2 Å². The van der Waals surface area contributed by atoms with Crippen molar-refractivity contribution in [1.29, 1.82) is 0 Å². The van der Waals surface area contributed by atoms with Crippen molar-refractivity contribution in [1.82, 2.24) is 14.7 Å². The highest BCUT2D eigenvalue weighted by atomic mass is 32.1. The molecule has 2 atom stereocenters. The van der Waals surface area contributed by atoms with Gasteiger partial charge < -0.3 is 9.64 Å². The average molecular weight is 350 g/mol. The Bertz CT molecular complexity index is 544. The Morgan fingerprint density at radius 2 is 2.00 bits per heavy atom. The highest BCUT2D eigenvalue weighted by Gasteiger charge is 2.42. The lowest BCUT2D eigenvalue weighted by Crippen LogP contribution is -2.54. The van der Waals surface area contributed by atoms with Crippen LogP contribution in [-0.2, 0) is 16.1 Å². The summed E-state index contributed by atoms with van der Waals surface area (Å²) in [5, 5.41) is 2.15. The number of likely N-dealkylation sites (tertiary alicyclic amines) is 2. The molecule has 3 aliphatic heterocycles. The van der Waals surface area contributed by atoms with Gasteiger partial charge in [-0.1, -0.05) is 6.07 Å². The first-order valence-corrected chi connectivity index (χ1v) is 10.1. The Balaban J connectivity index is 1.36. The summed E-state index contributed by atoms with van der Waals surface area (Å²) in [7, 11) is 0. The van der Waals surface area contributed by atoms with Crippen LogP contribution in [0.1, 0.15) is 24.1 Å². The lowest BCUT2D eigenvalue weighted by Gasteiger charge is -2.41. The van der Waals surface area contributed by atoms with E-state index in [1.165, 1.54) is 4.88 Å². The van der Waals surface area contributed by atoms with Gasteiger partial charge in [-0.25, -0.2) is 0 Å². The number of nitrogens with zero attached hydrogens (tertiary/aromatic N) is 3. The van der Waals surface area contributed by atoms with Gasteiger partial charge in [-0.05, 0) is 24.3 Å². The molecule has 0 aromatic carbocycles. The number of carbonyl (C=O) groups is 1. The molecule has 0 radical (unpaired) electrons. The lowest BCUT2D eigenvalue weighted by molar-refractivity contribution is -0.138. The zero-order valence-corrected chi connectivity index (χ0v) is 15.0. The van der Waals surface area contributed by atoms with Crippen LogP contribution in [0.15, 0.2) is 17.5 Å². The Hall–Kier alpha value is -0.950. The van der Waals surface area contributed by atoms with E-state index in [0.29, 0.717) is 24.4 Å². The van der Waals surface area contributed by atoms with Gasteiger partial charge in [-0.3, -0.25) is 14.6 Å². The number of fused-ring (bicyclic) bond motifs is 1. The molecular formula is C18H27N3O2S. The van der Waals surface area contributed by atoms with Crippen LogP contribution in [-0.4, -0.2) is 78.6 Å². The molecule has 3 aliphatic rings. The molecule has 0 bridgehead atoms. The van der Waals surface area contributed by atoms with Gasteiger partial charge in [-0.15, -0.1) is 11.3 Å². The molecule has 3 fully saturated rings. The van der Waals surface area contributed by atoms with Crippen LogP contribution in [0.2, 0.25) is 0 Å². The van der Waals surface area contributed by atoms with Crippen molar-refractivity contribution in [2.75, 3.05) is 45.9 Å². The molecular weight excluding hydrogens is 322 g/mol. The van der Waals surface area contributed by atoms with Gasteiger partial charge in [0.25, 0.3) is 0 Å². The predicted molar refractivity (Wildman–Crippen MR) is 95.1 cm³/mol. The molecule has 4 rings (SSSR count). The number of hydrogen-bond acceptors (Lipinski definition) is 5. The summed E-state index contributed by atoms with van der Waals surface area (Å²) in [4.78, 5) is 21.2. The summed E-state index contributed by atoms with van der Waals surface area (Å²) in [5.74, 6) is 0.363. The SMILES string of the molecule is O=C1CC[C@@H]2[C@@H](CCN2Cc2cccs2)N1CCN1CCOCC1. The molecule has 3 saturated heterocycles. The van der Waals surface area contributed by atoms with Crippen molar-refractivity contribution in [2.45, 2.75) is 37.9 Å². The van der Waals surface area contributed by atoms with Crippen LogP contribution in [0, 0.1) is 0 Å². The van der Waals surface area contributed by atoms with E-state index >= 15 is 0 Å². The van der Waals surface area contributed by atoms with Gasteiger partial charge in [-0.2, -0.15) is 0 Å². The number of ether oxygens (including phenoxy) is 1. The summed E-state index contributed by atoms with van der Waals surface area (Å²) >= 11 is 1.84. The minimum atomic E-state index is 0.363. The van der Waals surface area contributed by atoms with Crippen LogP contribution in [0.5, 0.6) is 0 Å². The third-order valence-corrected chi connectivity index (χ3v) is 6.56. The molecule has 0 N–H and O–H groups in total. The third kappa shape index (κ3) is 3.52. The number of hydrogen-bond donors (Lipinski definition) is 0. The van der Waals surface area contributed by atoms with Gasteiger partial charge in [0.1, 0.15) is 0 Å². The molecule has 0 unspecified atom stereocenters. The first kappa shape index (κ1) is 16.5. The third-order valence-electron chi connectivity index (χ3n) is 5.70. The zero-order chi connectivity index (χ0) is 16.4. The van der Waals surface area contributed by atoms with Crippen molar-refractivity contribution in [2.24, 2.45) is 0 Å². The molecule has 5 nitrogen and oxygen atoms in total. The molecule has 1 aromatic heterocycles. The van der Waals surface area contributed by atoms with Crippen LogP contribution in [0.4, 0.5) is 0 Å². The number of amides is 1. The van der Waals surface area contributed by atoms with E-state index in [1.54, 1.807) is 0 Å². The number of morpholine rings is 1. The second-order valence-corrected chi connectivity index (χ2v) is 8.09. The van der Waals surface area contributed by atoms with E-state index in [-0.39, 0.29) is 0 Å². The Labute approximate surface area is 148 Å². The molecule has 0 aliphatic carbocycles. The number of carbonyl (C=O) groups excluding carboxylic acids is 1. The maximum absolute atomic E-state index is 12.5. The fourth-order valence-corrected chi connectivity index (χ4v) is 5.13. The average Bonchev–Trinajstić information content (AvgIpc) is 3.26. The summed E-state index contributed by atoms with van der Waals surface area (Å²) in [6.45, 7) is 7.69. The highest BCUT2D eigenvalue weighted by molar-refractivity contribution is 7.09. The van der Waals surface area contributed by atoms with Crippen molar-refractivity contribution in [3.05, 3.63) is 22.4 Å². The minimum absolute atomic E-state index is 0.363. The Morgan fingerprint density at radius 3 is 2.79 bits per heavy atom. The standard InChI is InChI=1S/C18H27N3O2S/c22-18-4-3-16-17(5-6-20(16)14-15-2-1-13-24-15)21(18)8-7-19-9-11-23-12-10-19/h1-2,13,16-17H,3-12,14H2/t16-,17-/m1/s1. The van der Waals surface area contributed by atoms with Crippen LogP contribution < -0.4 is 0 Å². The zero-order valence-electron chi connectivity index (χ0n) is 14.2. The minimum Gasteiger partial charge on any atom is -0.379 e. The summed E-state index contributed by atoms with van der Waals surface area (Å²) < 4.78 is 5.42. The van der Waals surface area contributed by atoms with Gasteiger partial charge in [0.15, 0.2) is 0 Å². The van der Waals surface area contributed by atoms with E-state index in [4.69, 9.17) is 4.74 Å². The normalized spacial score (nSPS) is 29.2. The van der Waals surface area contributed by atoms with Gasteiger partial charge in [0.2, 0.25) is 5.91 Å². The predicted octanol–water partition coefficient (Wildman–Crippen LogP) is 1.65. The topological polar surface area (TPSA) is 36.0 Å². The Morgan fingerprint density at radius 1 is 1.12 bits per heavy atom. The molecule has 0 saturated carbocycles. The molecule has 132 valence electrons. The smallest absolute Gasteiger partial charge is 0.222 e. The lowest BCUT2D eigenvalue weighted by atomic mass is 9.96. The quantitative estimate of drug-likeness (QED) is 0.810. The number of piperidine rings is 1. The van der Waals surface area contributed by atoms with Crippen molar-refractivity contribution in [3.63, 3.8) is 0 Å². The highest BCUT2D eigenvalue weighted by Crippen LogP contribution is 2.32.